The zero-order chi connectivity index (χ0) is 53.4. The number of piperidine rings is 3. The van der Waals surface area contributed by atoms with Gasteiger partial charge in [0, 0.05) is 77.4 Å². The number of carbonyl (C=O) groups is 6. The molecule has 3 aromatic carbocycles. The van der Waals surface area contributed by atoms with Crippen molar-refractivity contribution in [3.8, 4) is 5.69 Å². The minimum atomic E-state index is -4.64. The largest absolute Gasteiger partial charge is 0.416 e. The first-order valence-electron chi connectivity index (χ1n) is 26.2. The number of nitrogens with one attached hydrogen (secondary N) is 5. The average Bonchev–Trinajstić information content (AvgIpc) is 3.83. The molecule has 3 aliphatic heterocycles. The molecule has 4 aromatic rings. The minimum Gasteiger partial charge on any atom is -0.388 e. The Bertz CT molecular complexity index is 2580. The van der Waals surface area contributed by atoms with Gasteiger partial charge in [0.25, 0.3) is 5.91 Å². The number of halogens is 3. The summed E-state index contributed by atoms with van der Waals surface area (Å²) in [6, 6.07) is 20.5. The summed E-state index contributed by atoms with van der Waals surface area (Å²) >= 11 is 0. The number of aliphatic hydroxyl groups is 1. The molecule has 0 aliphatic carbocycles. The third-order valence-electron chi connectivity index (χ3n) is 14.4. The van der Waals surface area contributed by atoms with Crippen molar-refractivity contribution in [2.24, 2.45) is 0 Å². The average molecular weight is 1040 g/mol. The Hall–Kier alpha value is -6.80. The number of ether oxygens (including phenoxy) is 1. The smallest absolute Gasteiger partial charge is 0.388 e. The van der Waals surface area contributed by atoms with E-state index in [2.05, 4.69) is 43.8 Å². The number of nitrogens with zero attached hydrogens (tertiary/aromatic N) is 4. The number of anilines is 2. The van der Waals surface area contributed by atoms with Gasteiger partial charge in [-0.2, -0.15) is 18.3 Å². The Labute approximate surface area is 435 Å². The van der Waals surface area contributed by atoms with Gasteiger partial charge in [-0.05, 0) is 97.9 Å². The van der Waals surface area contributed by atoms with Gasteiger partial charge >= 0.3 is 12.2 Å². The number of aromatic nitrogens is 2. The van der Waals surface area contributed by atoms with E-state index in [9.17, 15) is 47.0 Å². The van der Waals surface area contributed by atoms with Crippen LogP contribution in [-0.4, -0.2) is 112 Å². The number of amides is 7. The number of alkyl halides is 3. The van der Waals surface area contributed by atoms with E-state index < -0.39 is 41.9 Å². The van der Waals surface area contributed by atoms with Gasteiger partial charge in [-0.1, -0.05) is 81.0 Å². The fraction of sp³-hybridized carbons (Fsp3) is 0.509. The number of benzene rings is 3. The molecule has 3 saturated heterocycles. The van der Waals surface area contributed by atoms with Crippen LogP contribution in [0.4, 0.5) is 29.5 Å². The van der Waals surface area contributed by atoms with Crippen LogP contribution >= 0.6 is 0 Å². The van der Waals surface area contributed by atoms with E-state index >= 15 is 0 Å². The predicted molar refractivity (Wildman–Crippen MR) is 276 cm³/mol. The molecule has 404 valence electrons. The molecule has 0 saturated carbocycles. The van der Waals surface area contributed by atoms with E-state index in [-0.39, 0.29) is 66.7 Å². The second-order valence-corrected chi connectivity index (χ2v) is 19.9. The first-order valence-corrected chi connectivity index (χ1v) is 26.2. The van der Waals surface area contributed by atoms with Crippen LogP contribution in [0.15, 0.2) is 78.9 Å². The summed E-state index contributed by atoms with van der Waals surface area (Å²) in [7, 11) is 1.43. The molecular weight excluding hydrogens is 972 g/mol. The van der Waals surface area contributed by atoms with Gasteiger partial charge in [0.1, 0.15) is 11.9 Å². The number of para-hydroxylation sites is 1. The zero-order valence-corrected chi connectivity index (χ0v) is 42.7. The summed E-state index contributed by atoms with van der Waals surface area (Å²) in [5.74, 6) is -0.412. The van der Waals surface area contributed by atoms with Crippen molar-refractivity contribution in [3.05, 3.63) is 107 Å². The number of methoxy groups -OCH3 is 1. The highest BCUT2D eigenvalue weighted by molar-refractivity contribution is 6.01. The standard InChI is InChI=1S/C55H70F3N9O8/c1-75-36-38-17-22-44(55(56,57)58)41(33-38)35-59-53(73)62-47-34-46(64-67(47)43-13-9-8-10-14-43)51(71)60-37-54(74)27-31-66(32-28-54)50(70)16-12-7-5-3-2-4-6-11-15-49(69)65-29-25-40(26-30-65)39-18-20-42(21-19-39)61-45-23-24-48(68)63-52(45)72/h8-10,13-14,17-22,33-34,40,45,61,74H,2-7,11-12,15-16,23-32,35-37H2,1H3,(H,60,71)(H2,59,62,73)(H,63,68,72). The van der Waals surface area contributed by atoms with Crippen molar-refractivity contribution in [1.82, 2.24) is 35.5 Å². The SMILES string of the molecule is COCc1ccc(C(F)(F)F)c(CNC(=O)Nc2cc(C(=O)NCC3(O)CCN(C(=O)CCCCCCCCCCC(=O)N4CCC(c5ccc(NC6CCC(=O)NC6=O)cc5)CC4)CC3)nn2-c2ccccc2)c1. The minimum absolute atomic E-state index is 0.0427. The zero-order valence-electron chi connectivity index (χ0n) is 42.7. The van der Waals surface area contributed by atoms with Gasteiger partial charge in [-0.15, -0.1) is 0 Å². The van der Waals surface area contributed by atoms with Crippen LogP contribution in [0.5, 0.6) is 0 Å². The highest BCUT2D eigenvalue weighted by Gasteiger charge is 2.36. The molecular formula is C55H70F3N9O8. The van der Waals surface area contributed by atoms with Crippen LogP contribution in [0.2, 0.25) is 0 Å². The number of hydrogen-bond acceptors (Lipinski definition) is 10. The number of imide groups is 1. The molecule has 6 N–H and O–H groups in total. The molecule has 0 radical (unpaired) electrons. The second-order valence-electron chi connectivity index (χ2n) is 19.9. The predicted octanol–water partition coefficient (Wildman–Crippen LogP) is 7.97. The monoisotopic (exact) mass is 1040 g/mol. The van der Waals surface area contributed by atoms with Crippen molar-refractivity contribution >= 4 is 47.1 Å². The van der Waals surface area contributed by atoms with E-state index in [0.29, 0.717) is 55.9 Å². The number of carbonyl (C=O) groups excluding carboxylic acids is 6. The molecule has 7 rings (SSSR count). The third kappa shape index (κ3) is 16.3. The molecule has 75 heavy (non-hydrogen) atoms. The van der Waals surface area contributed by atoms with Gasteiger partial charge in [0.15, 0.2) is 5.69 Å². The lowest BCUT2D eigenvalue weighted by Gasteiger charge is -2.38. The maximum atomic E-state index is 13.8. The normalized spacial score (nSPS) is 17.1. The summed E-state index contributed by atoms with van der Waals surface area (Å²) in [5, 5.41) is 29.2. The molecule has 1 unspecified atom stereocenters. The van der Waals surface area contributed by atoms with Gasteiger partial charge in [0.05, 0.1) is 23.5 Å². The van der Waals surface area contributed by atoms with E-state index in [1.165, 1.54) is 35.6 Å². The maximum Gasteiger partial charge on any atom is 0.416 e. The molecule has 7 amide bonds. The van der Waals surface area contributed by atoms with Crippen molar-refractivity contribution in [2.75, 3.05) is 50.5 Å². The van der Waals surface area contributed by atoms with Crippen molar-refractivity contribution < 1.29 is 51.8 Å². The summed E-state index contributed by atoms with van der Waals surface area (Å²) < 4.78 is 47.7. The summed E-state index contributed by atoms with van der Waals surface area (Å²) in [4.78, 5) is 79.8. The van der Waals surface area contributed by atoms with Crippen molar-refractivity contribution in [2.45, 2.75) is 140 Å². The van der Waals surface area contributed by atoms with Crippen LogP contribution in [0.3, 0.4) is 0 Å². The van der Waals surface area contributed by atoms with Gasteiger partial charge in [0.2, 0.25) is 23.6 Å². The summed E-state index contributed by atoms with van der Waals surface area (Å²) in [6.07, 6.45) is 7.42. The van der Waals surface area contributed by atoms with Crippen molar-refractivity contribution in [1.29, 1.82) is 0 Å². The van der Waals surface area contributed by atoms with Gasteiger partial charge < -0.3 is 35.6 Å². The van der Waals surface area contributed by atoms with Crippen LogP contribution in [0.25, 0.3) is 5.69 Å². The van der Waals surface area contributed by atoms with Crippen LogP contribution in [0.1, 0.15) is 141 Å². The van der Waals surface area contributed by atoms with Crippen LogP contribution < -0.4 is 26.6 Å². The highest BCUT2D eigenvalue weighted by Crippen LogP contribution is 2.33. The topological polar surface area (TPSA) is 216 Å². The first-order chi connectivity index (χ1) is 36.1. The molecule has 20 heteroatoms. The Morgan fingerprint density at radius 2 is 1.41 bits per heavy atom. The molecule has 4 heterocycles. The fourth-order valence-electron chi connectivity index (χ4n) is 9.97. The molecule has 3 fully saturated rings. The lowest BCUT2D eigenvalue weighted by Crippen LogP contribution is -2.52. The van der Waals surface area contributed by atoms with Crippen molar-refractivity contribution in [3.63, 3.8) is 0 Å². The molecule has 0 bridgehead atoms. The van der Waals surface area contributed by atoms with Crippen LogP contribution in [-0.2, 0) is 43.2 Å². The Morgan fingerprint density at radius 3 is 2.03 bits per heavy atom. The van der Waals surface area contributed by atoms with E-state index in [0.717, 1.165) is 89.1 Å². The van der Waals surface area contributed by atoms with Gasteiger partial charge in [-0.3, -0.25) is 34.6 Å². The highest BCUT2D eigenvalue weighted by atomic mass is 19.4. The Kier molecular flexibility index (Phi) is 19.8. The summed E-state index contributed by atoms with van der Waals surface area (Å²) in [6.45, 7) is 1.75. The Morgan fingerprint density at radius 1 is 0.787 bits per heavy atom. The number of rotatable bonds is 23. The first kappa shape index (κ1) is 55.9. The van der Waals surface area contributed by atoms with E-state index in [4.69, 9.17) is 4.74 Å². The number of hydrogen-bond donors (Lipinski definition) is 6. The quantitative estimate of drug-likeness (QED) is 0.0311. The van der Waals surface area contributed by atoms with E-state index in [1.807, 2.05) is 17.0 Å². The molecule has 3 aliphatic rings. The summed E-state index contributed by atoms with van der Waals surface area (Å²) in [5.41, 5.74) is 0.716. The lowest BCUT2D eigenvalue weighted by molar-refractivity contribution is -0.138. The van der Waals surface area contributed by atoms with E-state index in [1.54, 1.807) is 35.2 Å². The molecule has 0 spiro atoms. The second kappa shape index (κ2) is 26.6. The Balaban J connectivity index is 0.739. The molecule has 17 nitrogen and oxygen atoms in total. The van der Waals surface area contributed by atoms with Crippen LogP contribution in [0, 0.1) is 0 Å². The maximum absolute atomic E-state index is 13.8. The number of urea groups is 1. The molecule has 1 atom stereocenters. The number of unbranched alkanes of at least 4 members (excludes halogenated alkanes) is 7. The lowest BCUT2D eigenvalue weighted by atomic mass is 9.89. The van der Waals surface area contributed by atoms with Gasteiger partial charge in [-0.25, -0.2) is 9.48 Å². The number of likely N-dealkylation sites (tertiary alicyclic amines) is 2. The molecule has 1 aromatic heterocycles. The third-order valence-corrected chi connectivity index (χ3v) is 14.4. The fourth-order valence-corrected chi connectivity index (χ4v) is 9.97.